The quantitative estimate of drug-likeness (QED) is 0.723. The SMILES string of the molecule is O=C1c2c(ncc3ccccc23)C=CC1O. The Kier molecular flexibility index (Phi) is 1.88. The van der Waals surface area contributed by atoms with E-state index in [9.17, 15) is 9.90 Å². The van der Waals surface area contributed by atoms with Gasteiger partial charge in [-0.15, -0.1) is 0 Å². The number of carbonyl (C=O) groups excluding carboxylic acids is 1. The molecule has 0 saturated heterocycles. The van der Waals surface area contributed by atoms with E-state index < -0.39 is 6.10 Å². The van der Waals surface area contributed by atoms with Crippen LogP contribution in [0.1, 0.15) is 16.1 Å². The fraction of sp³-hybridized carbons (Fsp3) is 0.0769. The smallest absolute Gasteiger partial charge is 0.198 e. The van der Waals surface area contributed by atoms with Crippen LogP contribution in [-0.4, -0.2) is 22.0 Å². The summed E-state index contributed by atoms with van der Waals surface area (Å²) >= 11 is 0. The number of hydrogen-bond donors (Lipinski definition) is 1. The molecule has 3 rings (SSSR count). The maximum atomic E-state index is 11.9. The average molecular weight is 211 g/mol. The third kappa shape index (κ3) is 1.19. The number of rotatable bonds is 0. The van der Waals surface area contributed by atoms with E-state index in [-0.39, 0.29) is 5.78 Å². The average Bonchev–Trinajstić information content (AvgIpc) is 2.33. The summed E-state index contributed by atoms with van der Waals surface area (Å²) in [5, 5.41) is 11.3. The molecule has 3 heteroatoms. The van der Waals surface area contributed by atoms with Crippen molar-refractivity contribution in [2.24, 2.45) is 0 Å². The zero-order valence-electron chi connectivity index (χ0n) is 8.42. The second-order valence-corrected chi connectivity index (χ2v) is 3.77. The molecule has 0 radical (unpaired) electrons. The molecule has 2 aromatic rings. The first kappa shape index (κ1) is 9.24. The first-order valence-corrected chi connectivity index (χ1v) is 5.05. The van der Waals surface area contributed by atoms with Gasteiger partial charge in [-0.25, -0.2) is 0 Å². The van der Waals surface area contributed by atoms with Crippen LogP contribution in [0.4, 0.5) is 0 Å². The van der Waals surface area contributed by atoms with Crippen molar-refractivity contribution in [2.75, 3.05) is 0 Å². The molecule has 1 aromatic carbocycles. The zero-order chi connectivity index (χ0) is 11.1. The Balaban J connectivity index is 2.42. The highest BCUT2D eigenvalue weighted by atomic mass is 16.3. The summed E-state index contributed by atoms with van der Waals surface area (Å²) in [6, 6.07) is 7.55. The van der Waals surface area contributed by atoms with Crippen LogP contribution in [-0.2, 0) is 0 Å². The molecule has 0 spiro atoms. The number of hydrogen-bond acceptors (Lipinski definition) is 3. The van der Waals surface area contributed by atoms with Gasteiger partial charge in [0.05, 0.1) is 11.3 Å². The summed E-state index contributed by atoms with van der Waals surface area (Å²) < 4.78 is 0. The number of nitrogens with zero attached hydrogens (tertiary/aromatic N) is 1. The van der Waals surface area contributed by atoms with E-state index in [4.69, 9.17) is 0 Å². The second-order valence-electron chi connectivity index (χ2n) is 3.77. The largest absolute Gasteiger partial charge is 0.381 e. The van der Waals surface area contributed by atoms with Crippen LogP contribution in [0.2, 0.25) is 0 Å². The molecule has 1 aliphatic rings. The van der Waals surface area contributed by atoms with E-state index in [0.29, 0.717) is 11.3 Å². The predicted molar refractivity (Wildman–Crippen MR) is 61.1 cm³/mol. The van der Waals surface area contributed by atoms with Crippen LogP contribution in [0.5, 0.6) is 0 Å². The minimum atomic E-state index is -1.04. The zero-order valence-corrected chi connectivity index (χ0v) is 8.42. The molecule has 78 valence electrons. The van der Waals surface area contributed by atoms with Gasteiger partial charge in [-0.1, -0.05) is 24.3 Å². The summed E-state index contributed by atoms with van der Waals surface area (Å²) in [4.78, 5) is 16.1. The van der Waals surface area contributed by atoms with Crippen molar-refractivity contribution in [3.63, 3.8) is 0 Å². The fourth-order valence-corrected chi connectivity index (χ4v) is 1.98. The summed E-state index contributed by atoms with van der Waals surface area (Å²) in [6.07, 6.45) is 3.85. The number of benzene rings is 1. The summed E-state index contributed by atoms with van der Waals surface area (Å²) in [5.41, 5.74) is 1.15. The van der Waals surface area contributed by atoms with E-state index in [1.807, 2.05) is 24.3 Å². The van der Waals surface area contributed by atoms with Gasteiger partial charge in [-0.05, 0) is 17.5 Å². The summed E-state index contributed by atoms with van der Waals surface area (Å²) in [5.74, 6) is -0.276. The van der Waals surface area contributed by atoms with Crippen molar-refractivity contribution in [2.45, 2.75) is 6.10 Å². The van der Waals surface area contributed by atoms with Gasteiger partial charge in [0, 0.05) is 11.6 Å². The first-order chi connectivity index (χ1) is 7.77. The van der Waals surface area contributed by atoms with Crippen molar-refractivity contribution in [3.05, 3.63) is 47.8 Å². The Morgan fingerprint density at radius 2 is 2.06 bits per heavy atom. The van der Waals surface area contributed by atoms with Crippen LogP contribution >= 0.6 is 0 Å². The third-order valence-electron chi connectivity index (χ3n) is 2.78. The Labute approximate surface area is 92.1 Å². The lowest BCUT2D eigenvalue weighted by molar-refractivity contribution is 0.0819. The van der Waals surface area contributed by atoms with E-state index >= 15 is 0 Å². The number of ketones is 1. The van der Waals surface area contributed by atoms with E-state index in [1.54, 1.807) is 12.3 Å². The minimum absolute atomic E-state index is 0.276. The summed E-state index contributed by atoms with van der Waals surface area (Å²) in [7, 11) is 0. The highest BCUT2D eigenvalue weighted by molar-refractivity contribution is 6.14. The fourth-order valence-electron chi connectivity index (χ4n) is 1.98. The maximum Gasteiger partial charge on any atom is 0.198 e. The molecule has 0 fully saturated rings. The number of aliphatic hydroxyl groups excluding tert-OH is 1. The lowest BCUT2D eigenvalue weighted by Crippen LogP contribution is -2.22. The van der Waals surface area contributed by atoms with Crippen molar-refractivity contribution in [1.82, 2.24) is 4.98 Å². The van der Waals surface area contributed by atoms with Gasteiger partial charge in [0.15, 0.2) is 5.78 Å². The number of aromatic nitrogens is 1. The number of fused-ring (bicyclic) bond motifs is 3. The van der Waals surface area contributed by atoms with Gasteiger partial charge in [0.25, 0.3) is 0 Å². The normalized spacial score (nSPS) is 18.8. The standard InChI is InChI=1S/C13H9NO2/c15-11-6-5-10-12(13(11)16)9-4-2-1-3-8(9)7-14-10/h1-7,11,15H. The van der Waals surface area contributed by atoms with Gasteiger partial charge >= 0.3 is 0 Å². The van der Waals surface area contributed by atoms with Crippen molar-refractivity contribution < 1.29 is 9.90 Å². The molecule has 16 heavy (non-hydrogen) atoms. The molecule has 0 aliphatic heterocycles. The predicted octanol–water partition coefficient (Wildman–Crippen LogP) is 1.81. The van der Waals surface area contributed by atoms with Crippen LogP contribution < -0.4 is 0 Å². The molecule has 3 nitrogen and oxygen atoms in total. The minimum Gasteiger partial charge on any atom is -0.381 e. The Morgan fingerprint density at radius 3 is 2.94 bits per heavy atom. The molecule has 1 aromatic heterocycles. The Bertz CT molecular complexity index is 616. The monoisotopic (exact) mass is 211 g/mol. The summed E-state index contributed by atoms with van der Waals surface area (Å²) in [6.45, 7) is 0. The van der Waals surface area contributed by atoms with E-state index in [2.05, 4.69) is 4.98 Å². The van der Waals surface area contributed by atoms with Crippen molar-refractivity contribution in [3.8, 4) is 0 Å². The molecule has 1 atom stereocenters. The third-order valence-corrected chi connectivity index (χ3v) is 2.78. The maximum absolute atomic E-state index is 11.9. The van der Waals surface area contributed by atoms with Crippen LogP contribution in [0.15, 0.2) is 36.5 Å². The van der Waals surface area contributed by atoms with Gasteiger partial charge < -0.3 is 5.11 Å². The molecular formula is C13H9NO2. The molecule has 0 bridgehead atoms. The Morgan fingerprint density at radius 1 is 1.25 bits per heavy atom. The highest BCUT2D eigenvalue weighted by Crippen LogP contribution is 2.25. The van der Waals surface area contributed by atoms with Gasteiger partial charge in [0.2, 0.25) is 0 Å². The molecule has 0 amide bonds. The molecular weight excluding hydrogens is 202 g/mol. The highest BCUT2D eigenvalue weighted by Gasteiger charge is 2.24. The topological polar surface area (TPSA) is 50.2 Å². The second kappa shape index (κ2) is 3.25. The molecule has 0 saturated carbocycles. The molecule has 1 unspecified atom stereocenters. The van der Waals surface area contributed by atoms with E-state index in [1.165, 1.54) is 6.08 Å². The lowest BCUT2D eigenvalue weighted by atomic mass is 9.94. The molecule has 1 N–H and O–H groups in total. The van der Waals surface area contributed by atoms with E-state index in [0.717, 1.165) is 10.8 Å². The van der Waals surface area contributed by atoms with Crippen LogP contribution in [0.3, 0.4) is 0 Å². The van der Waals surface area contributed by atoms with Crippen LogP contribution in [0, 0.1) is 0 Å². The van der Waals surface area contributed by atoms with Gasteiger partial charge in [0.1, 0.15) is 6.10 Å². The number of carbonyl (C=O) groups is 1. The van der Waals surface area contributed by atoms with Gasteiger partial charge in [-0.3, -0.25) is 9.78 Å². The first-order valence-electron chi connectivity index (χ1n) is 5.05. The van der Waals surface area contributed by atoms with Crippen LogP contribution in [0.25, 0.3) is 16.8 Å². The van der Waals surface area contributed by atoms with Crippen molar-refractivity contribution in [1.29, 1.82) is 0 Å². The molecule has 1 heterocycles. The van der Waals surface area contributed by atoms with Gasteiger partial charge in [-0.2, -0.15) is 0 Å². The lowest BCUT2D eigenvalue weighted by Gasteiger charge is -2.15. The Hall–Kier alpha value is -2.00. The van der Waals surface area contributed by atoms with Crippen molar-refractivity contribution >= 4 is 22.6 Å². The number of aliphatic hydroxyl groups is 1. The number of Topliss-reactive ketones (excluding diaryl/α,β-unsaturated/α-hetero) is 1. The molecule has 1 aliphatic carbocycles. The number of pyridine rings is 1.